The first-order valence-electron chi connectivity index (χ1n) is 6.37. The van der Waals surface area contributed by atoms with Gasteiger partial charge in [0.1, 0.15) is 0 Å². The van der Waals surface area contributed by atoms with Gasteiger partial charge in [0.15, 0.2) is 11.5 Å². The molecule has 1 heterocycles. The van der Waals surface area contributed by atoms with E-state index in [-0.39, 0.29) is 18.6 Å². The highest BCUT2D eigenvalue weighted by molar-refractivity contribution is 5.79. The quantitative estimate of drug-likeness (QED) is 0.821. The highest BCUT2D eigenvalue weighted by Crippen LogP contribution is 2.33. The van der Waals surface area contributed by atoms with E-state index < -0.39 is 0 Å². The minimum Gasteiger partial charge on any atom is -0.454 e. The molecule has 1 fully saturated rings. The number of hydrogen-bond donors (Lipinski definition) is 0. The van der Waals surface area contributed by atoms with Gasteiger partial charge < -0.3 is 14.4 Å². The highest BCUT2D eigenvalue weighted by Gasteiger charge is 2.27. The van der Waals surface area contributed by atoms with Crippen LogP contribution < -0.4 is 9.47 Å². The van der Waals surface area contributed by atoms with Crippen molar-refractivity contribution >= 4 is 5.91 Å². The third kappa shape index (κ3) is 2.03. The molecule has 4 nitrogen and oxygen atoms in total. The SMILES string of the molecule is CN(Cc1ccc2c(c1)OCO2)C(=O)C1CCC1. The van der Waals surface area contributed by atoms with Gasteiger partial charge in [-0.15, -0.1) is 0 Å². The fourth-order valence-electron chi connectivity index (χ4n) is 2.36. The Morgan fingerprint density at radius 2 is 2.11 bits per heavy atom. The summed E-state index contributed by atoms with van der Waals surface area (Å²) in [6.45, 7) is 0.918. The standard InChI is InChI=1S/C14H17NO3/c1-15(14(16)11-3-2-4-11)8-10-5-6-12-13(7-10)18-9-17-12/h5-7,11H,2-4,8-9H2,1H3. The van der Waals surface area contributed by atoms with E-state index in [0.717, 1.165) is 29.9 Å². The number of nitrogens with zero attached hydrogens (tertiary/aromatic N) is 1. The Labute approximate surface area is 106 Å². The van der Waals surface area contributed by atoms with E-state index in [4.69, 9.17) is 9.47 Å². The Kier molecular flexibility index (Phi) is 2.86. The summed E-state index contributed by atoms with van der Waals surface area (Å²) >= 11 is 0. The Bertz CT molecular complexity index is 468. The first-order valence-corrected chi connectivity index (χ1v) is 6.37. The third-order valence-electron chi connectivity index (χ3n) is 3.69. The number of hydrogen-bond acceptors (Lipinski definition) is 3. The molecule has 0 saturated heterocycles. The highest BCUT2D eigenvalue weighted by atomic mass is 16.7. The fraction of sp³-hybridized carbons (Fsp3) is 0.500. The minimum absolute atomic E-state index is 0.254. The lowest BCUT2D eigenvalue weighted by Crippen LogP contribution is -2.35. The molecule has 0 spiro atoms. The molecule has 0 atom stereocenters. The van der Waals surface area contributed by atoms with Gasteiger partial charge in [-0.2, -0.15) is 0 Å². The van der Waals surface area contributed by atoms with Gasteiger partial charge in [-0.3, -0.25) is 4.79 Å². The Morgan fingerprint density at radius 3 is 2.83 bits per heavy atom. The van der Waals surface area contributed by atoms with Crippen LogP contribution in [0.2, 0.25) is 0 Å². The summed E-state index contributed by atoms with van der Waals surface area (Å²) < 4.78 is 10.6. The van der Waals surface area contributed by atoms with Gasteiger partial charge in [0.05, 0.1) is 0 Å². The number of rotatable bonds is 3. The molecule has 0 unspecified atom stereocenters. The van der Waals surface area contributed by atoms with Crippen molar-refractivity contribution in [3.63, 3.8) is 0 Å². The van der Waals surface area contributed by atoms with Crippen molar-refractivity contribution in [3.8, 4) is 11.5 Å². The molecule has 4 heteroatoms. The van der Waals surface area contributed by atoms with Crippen LogP contribution in [-0.2, 0) is 11.3 Å². The summed E-state index contributed by atoms with van der Waals surface area (Å²) in [4.78, 5) is 13.8. The molecule has 3 rings (SSSR count). The van der Waals surface area contributed by atoms with Crippen LogP contribution in [0.15, 0.2) is 18.2 Å². The molecule has 1 aromatic carbocycles. The Hall–Kier alpha value is -1.71. The summed E-state index contributed by atoms with van der Waals surface area (Å²) in [6.07, 6.45) is 3.28. The zero-order valence-electron chi connectivity index (χ0n) is 10.5. The van der Waals surface area contributed by atoms with Crippen LogP contribution in [0.1, 0.15) is 24.8 Å². The summed E-state index contributed by atoms with van der Waals surface area (Å²) in [7, 11) is 1.87. The van der Waals surface area contributed by atoms with Crippen molar-refractivity contribution in [2.45, 2.75) is 25.8 Å². The maximum atomic E-state index is 12.0. The van der Waals surface area contributed by atoms with Gasteiger partial charge in [0, 0.05) is 19.5 Å². The Morgan fingerprint density at radius 1 is 1.33 bits per heavy atom. The first-order chi connectivity index (χ1) is 8.74. The van der Waals surface area contributed by atoms with Gasteiger partial charge >= 0.3 is 0 Å². The van der Waals surface area contributed by atoms with E-state index in [1.54, 1.807) is 4.90 Å². The predicted molar refractivity (Wildman–Crippen MR) is 66.4 cm³/mol. The van der Waals surface area contributed by atoms with Crippen LogP contribution in [0.4, 0.5) is 0 Å². The van der Waals surface area contributed by atoms with Gasteiger partial charge in [0.2, 0.25) is 12.7 Å². The van der Waals surface area contributed by atoms with E-state index in [1.165, 1.54) is 6.42 Å². The van der Waals surface area contributed by atoms with Crippen LogP contribution in [0.5, 0.6) is 11.5 Å². The molecule has 1 aliphatic carbocycles. The van der Waals surface area contributed by atoms with Gasteiger partial charge in [-0.25, -0.2) is 0 Å². The molecule has 1 aromatic rings. The van der Waals surface area contributed by atoms with E-state index in [2.05, 4.69) is 0 Å². The summed E-state index contributed by atoms with van der Waals surface area (Å²) in [5.74, 6) is 2.08. The second-order valence-electron chi connectivity index (χ2n) is 5.01. The molecule has 0 aromatic heterocycles. The van der Waals surface area contributed by atoms with E-state index in [9.17, 15) is 4.79 Å². The van der Waals surface area contributed by atoms with Gasteiger partial charge in [-0.05, 0) is 30.5 Å². The zero-order valence-corrected chi connectivity index (χ0v) is 10.5. The Balaban J connectivity index is 1.66. The van der Waals surface area contributed by atoms with Crippen LogP contribution in [0.3, 0.4) is 0 Å². The van der Waals surface area contributed by atoms with E-state index >= 15 is 0 Å². The van der Waals surface area contributed by atoms with Crippen molar-refractivity contribution in [1.82, 2.24) is 4.90 Å². The molecule has 0 bridgehead atoms. The molecule has 0 radical (unpaired) electrons. The zero-order chi connectivity index (χ0) is 12.5. The number of benzene rings is 1. The molecule has 96 valence electrons. The molecule has 1 saturated carbocycles. The molecule has 0 N–H and O–H groups in total. The third-order valence-corrected chi connectivity index (χ3v) is 3.69. The molecular formula is C14H17NO3. The molecular weight excluding hydrogens is 230 g/mol. The number of carbonyl (C=O) groups is 1. The summed E-state index contributed by atoms with van der Waals surface area (Å²) in [5.41, 5.74) is 1.08. The maximum Gasteiger partial charge on any atom is 0.231 e. The van der Waals surface area contributed by atoms with Crippen molar-refractivity contribution in [1.29, 1.82) is 0 Å². The fourth-order valence-corrected chi connectivity index (χ4v) is 2.36. The van der Waals surface area contributed by atoms with E-state index in [1.807, 2.05) is 25.2 Å². The van der Waals surface area contributed by atoms with Crippen LogP contribution in [0.25, 0.3) is 0 Å². The monoisotopic (exact) mass is 247 g/mol. The van der Waals surface area contributed by atoms with Crippen molar-refractivity contribution < 1.29 is 14.3 Å². The normalized spacial score (nSPS) is 17.4. The largest absolute Gasteiger partial charge is 0.454 e. The lowest BCUT2D eigenvalue weighted by molar-refractivity contribution is -0.137. The second kappa shape index (κ2) is 4.52. The first kappa shape index (κ1) is 11.4. The lowest BCUT2D eigenvalue weighted by Gasteiger charge is -2.29. The summed E-state index contributed by atoms with van der Waals surface area (Å²) in [5, 5.41) is 0. The lowest BCUT2D eigenvalue weighted by atomic mass is 9.84. The molecule has 2 aliphatic rings. The van der Waals surface area contributed by atoms with Crippen molar-refractivity contribution in [2.24, 2.45) is 5.92 Å². The van der Waals surface area contributed by atoms with E-state index in [0.29, 0.717) is 6.54 Å². The molecule has 1 aliphatic heterocycles. The van der Waals surface area contributed by atoms with Crippen LogP contribution in [-0.4, -0.2) is 24.6 Å². The van der Waals surface area contributed by atoms with Crippen LogP contribution in [0, 0.1) is 5.92 Å². The molecule has 18 heavy (non-hydrogen) atoms. The predicted octanol–water partition coefficient (Wildman–Crippen LogP) is 2.17. The van der Waals surface area contributed by atoms with Gasteiger partial charge in [-0.1, -0.05) is 12.5 Å². The van der Waals surface area contributed by atoms with Crippen LogP contribution >= 0.6 is 0 Å². The summed E-state index contributed by atoms with van der Waals surface area (Å²) in [6, 6.07) is 5.84. The molecule has 1 amide bonds. The second-order valence-corrected chi connectivity index (χ2v) is 5.01. The number of amides is 1. The van der Waals surface area contributed by atoms with Gasteiger partial charge in [0.25, 0.3) is 0 Å². The number of ether oxygens (including phenoxy) is 2. The number of fused-ring (bicyclic) bond motifs is 1. The van der Waals surface area contributed by atoms with Crippen molar-refractivity contribution in [3.05, 3.63) is 23.8 Å². The van der Waals surface area contributed by atoms with Crippen molar-refractivity contribution in [2.75, 3.05) is 13.8 Å². The maximum absolute atomic E-state index is 12.0. The average molecular weight is 247 g/mol. The smallest absolute Gasteiger partial charge is 0.231 e. The average Bonchev–Trinajstić information content (AvgIpc) is 2.73. The minimum atomic E-state index is 0.254. The number of carbonyl (C=O) groups excluding carboxylic acids is 1. The topological polar surface area (TPSA) is 38.8 Å².